The third-order valence-electron chi connectivity index (χ3n) is 1.11. The molecule has 0 saturated heterocycles. The monoisotopic (exact) mass is 184 g/mol. The Morgan fingerprint density at radius 1 is 1.42 bits per heavy atom. The first kappa shape index (κ1) is 8.73. The predicted molar refractivity (Wildman–Crippen MR) is 46.7 cm³/mol. The van der Waals surface area contributed by atoms with E-state index in [1.54, 1.807) is 12.1 Å². The highest BCUT2D eigenvalue weighted by Crippen LogP contribution is 2.17. The van der Waals surface area contributed by atoms with Gasteiger partial charge in [-0.3, -0.25) is 4.72 Å². The number of nitrogens with one attached hydrogen (secondary N) is 1. The first-order valence-electron chi connectivity index (χ1n) is 3.20. The second-order valence-corrected chi connectivity index (χ2v) is 2.94. The molecule has 0 bridgehead atoms. The molecule has 1 rings (SSSR count). The van der Waals surface area contributed by atoms with Crippen molar-refractivity contribution in [2.75, 3.05) is 0 Å². The Bertz CT molecular complexity index is 273. The van der Waals surface area contributed by atoms with Crippen LogP contribution in [-0.2, 0) is 0 Å². The maximum atomic E-state index is 10.3. The van der Waals surface area contributed by atoms with Crippen molar-refractivity contribution in [3.05, 3.63) is 24.3 Å². The minimum Gasteiger partial charge on any atom is -0.508 e. The van der Waals surface area contributed by atoms with Crippen LogP contribution < -0.4 is 10.5 Å². The van der Waals surface area contributed by atoms with Crippen LogP contribution in [0.25, 0.3) is 0 Å². The highest BCUT2D eigenvalue weighted by atomic mass is 32.2. The van der Waals surface area contributed by atoms with Crippen LogP contribution in [-0.4, -0.2) is 11.1 Å². The van der Waals surface area contributed by atoms with Gasteiger partial charge in [0.1, 0.15) is 5.75 Å². The van der Waals surface area contributed by atoms with Crippen molar-refractivity contribution >= 4 is 18.0 Å². The summed E-state index contributed by atoms with van der Waals surface area (Å²) in [7, 11) is 0. The molecule has 2 amide bonds. The topological polar surface area (TPSA) is 75.4 Å². The van der Waals surface area contributed by atoms with Gasteiger partial charge in [0, 0.05) is 4.90 Å². The number of phenols is 1. The van der Waals surface area contributed by atoms with Gasteiger partial charge in [-0.05, 0) is 36.2 Å². The van der Waals surface area contributed by atoms with Gasteiger partial charge >= 0.3 is 6.03 Å². The van der Waals surface area contributed by atoms with Crippen LogP contribution in [0.15, 0.2) is 29.2 Å². The van der Waals surface area contributed by atoms with Gasteiger partial charge in [-0.1, -0.05) is 0 Å². The van der Waals surface area contributed by atoms with Crippen LogP contribution in [0, 0.1) is 0 Å². The molecule has 0 unspecified atom stereocenters. The fourth-order valence-corrected chi connectivity index (χ4v) is 1.11. The lowest BCUT2D eigenvalue weighted by Gasteiger charge is -1.99. The Morgan fingerprint density at radius 3 is 2.50 bits per heavy atom. The number of benzene rings is 1. The van der Waals surface area contributed by atoms with Gasteiger partial charge < -0.3 is 10.8 Å². The quantitative estimate of drug-likeness (QED) is 0.602. The molecular formula is C7H8N2O2S. The van der Waals surface area contributed by atoms with Gasteiger partial charge in [0.05, 0.1) is 0 Å². The summed E-state index contributed by atoms with van der Waals surface area (Å²) in [4.78, 5) is 11.1. The minimum atomic E-state index is -0.590. The van der Waals surface area contributed by atoms with Gasteiger partial charge in [-0.2, -0.15) is 0 Å². The maximum absolute atomic E-state index is 10.3. The summed E-state index contributed by atoms with van der Waals surface area (Å²) in [5.74, 6) is 0.193. The van der Waals surface area contributed by atoms with Gasteiger partial charge in [0.25, 0.3) is 0 Å². The van der Waals surface area contributed by atoms with E-state index in [4.69, 9.17) is 10.8 Å². The number of nitrogens with two attached hydrogens (primary N) is 1. The summed E-state index contributed by atoms with van der Waals surface area (Å²) < 4.78 is 2.36. The molecule has 0 saturated carbocycles. The molecule has 1 aromatic rings. The molecule has 1 aromatic carbocycles. The number of urea groups is 1. The van der Waals surface area contributed by atoms with Crippen molar-refractivity contribution in [1.82, 2.24) is 4.72 Å². The molecule has 0 aliphatic rings. The average molecular weight is 184 g/mol. The van der Waals surface area contributed by atoms with E-state index in [0.29, 0.717) is 0 Å². The van der Waals surface area contributed by atoms with Gasteiger partial charge in [-0.15, -0.1) is 0 Å². The zero-order chi connectivity index (χ0) is 8.97. The van der Waals surface area contributed by atoms with E-state index in [0.717, 1.165) is 16.8 Å². The fraction of sp³-hybridized carbons (Fsp3) is 0. The molecule has 0 aliphatic heterocycles. The van der Waals surface area contributed by atoms with E-state index in [2.05, 4.69) is 4.72 Å². The van der Waals surface area contributed by atoms with Crippen LogP contribution in [0.5, 0.6) is 5.75 Å². The predicted octanol–water partition coefficient (Wildman–Crippen LogP) is 1.07. The first-order valence-corrected chi connectivity index (χ1v) is 4.01. The molecule has 64 valence electrons. The lowest BCUT2D eigenvalue weighted by molar-refractivity contribution is 0.254. The lowest BCUT2D eigenvalue weighted by Crippen LogP contribution is -2.22. The Balaban J connectivity index is 2.53. The Hall–Kier alpha value is -1.36. The Kier molecular flexibility index (Phi) is 2.82. The normalized spacial score (nSPS) is 9.33. The summed E-state index contributed by atoms with van der Waals surface area (Å²) >= 11 is 1.10. The van der Waals surface area contributed by atoms with Gasteiger partial charge in [0.2, 0.25) is 0 Å². The SMILES string of the molecule is NC(=O)NSc1ccc(O)cc1. The van der Waals surface area contributed by atoms with Gasteiger partial charge in [0.15, 0.2) is 0 Å². The smallest absolute Gasteiger partial charge is 0.322 e. The standard InChI is InChI=1S/C7H8N2O2S/c8-7(11)9-12-6-3-1-5(10)2-4-6/h1-4,10H,(H3,8,9,11). The van der Waals surface area contributed by atoms with Crippen molar-refractivity contribution in [2.24, 2.45) is 5.73 Å². The molecular weight excluding hydrogens is 176 g/mol. The third-order valence-corrected chi connectivity index (χ3v) is 1.92. The molecule has 0 heterocycles. The number of hydrogen-bond donors (Lipinski definition) is 3. The molecule has 4 nitrogen and oxygen atoms in total. The largest absolute Gasteiger partial charge is 0.508 e. The Morgan fingerprint density at radius 2 is 2.00 bits per heavy atom. The molecule has 5 heteroatoms. The zero-order valence-electron chi connectivity index (χ0n) is 6.15. The Labute approximate surface area is 73.9 Å². The summed E-state index contributed by atoms with van der Waals surface area (Å²) in [6.07, 6.45) is 0. The third kappa shape index (κ3) is 2.71. The van der Waals surface area contributed by atoms with Crippen LogP contribution in [0.4, 0.5) is 4.79 Å². The molecule has 12 heavy (non-hydrogen) atoms. The average Bonchev–Trinajstić information content (AvgIpc) is 2.03. The van der Waals surface area contributed by atoms with Crippen molar-refractivity contribution < 1.29 is 9.90 Å². The molecule has 0 atom stereocenters. The summed E-state index contributed by atoms with van der Waals surface area (Å²) in [6, 6.07) is 5.83. The minimum absolute atomic E-state index is 0.193. The van der Waals surface area contributed by atoms with Crippen LogP contribution in [0.1, 0.15) is 0 Å². The van der Waals surface area contributed by atoms with E-state index >= 15 is 0 Å². The van der Waals surface area contributed by atoms with E-state index in [1.165, 1.54) is 12.1 Å². The summed E-state index contributed by atoms with van der Waals surface area (Å²) in [5, 5.41) is 8.91. The second-order valence-electron chi connectivity index (χ2n) is 2.06. The van der Waals surface area contributed by atoms with E-state index in [9.17, 15) is 4.79 Å². The van der Waals surface area contributed by atoms with E-state index in [1.807, 2.05) is 0 Å². The van der Waals surface area contributed by atoms with Crippen molar-refractivity contribution in [3.8, 4) is 5.75 Å². The van der Waals surface area contributed by atoms with Crippen molar-refractivity contribution in [2.45, 2.75) is 4.90 Å². The van der Waals surface area contributed by atoms with Crippen LogP contribution in [0.2, 0.25) is 0 Å². The number of primary amides is 1. The highest BCUT2D eigenvalue weighted by Gasteiger charge is 1.95. The molecule has 0 spiro atoms. The number of carbonyl (C=O) groups excluding carboxylic acids is 1. The second kappa shape index (κ2) is 3.87. The van der Waals surface area contributed by atoms with Crippen molar-refractivity contribution in [1.29, 1.82) is 0 Å². The maximum Gasteiger partial charge on any atom is 0.322 e. The number of rotatable bonds is 2. The number of carbonyl (C=O) groups is 1. The number of phenolic OH excluding ortho intramolecular Hbond substituents is 1. The summed E-state index contributed by atoms with van der Waals surface area (Å²) in [6.45, 7) is 0. The van der Waals surface area contributed by atoms with Crippen LogP contribution in [0.3, 0.4) is 0 Å². The number of aromatic hydroxyl groups is 1. The molecule has 0 radical (unpaired) electrons. The molecule has 0 fully saturated rings. The molecule has 0 aromatic heterocycles. The number of amides is 2. The fourth-order valence-electron chi connectivity index (χ4n) is 0.623. The zero-order valence-corrected chi connectivity index (χ0v) is 6.97. The molecule has 0 aliphatic carbocycles. The first-order chi connectivity index (χ1) is 5.68. The highest BCUT2D eigenvalue weighted by molar-refractivity contribution is 7.98. The molecule has 4 N–H and O–H groups in total. The van der Waals surface area contributed by atoms with E-state index < -0.39 is 6.03 Å². The van der Waals surface area contributed by atoms with Crippen molar-refractivity contribution in [3.63, 3.8) is 0 Å². The lowest BCUT2D eigenvalue weighted by atomic mass is 10.3. The number of hydrogen-bond acceptors (Lipinski definition) is 3. The van der Waals surface area contributed by atoms with E-state index in [-0.39, 0.29) is 5.75 Å². The summed E-state index contributed by atoms with van der Waals surface area (Å²) in [5.41, 5.74) is 4.85. The van der Waals surface area contributed by atoms with Gasteiger partial charge in [-0.25, -0.2) is 4.79 Å². The van der Waals surface area contributed by atoms with Crippen LogP contribution >= 0.6 is 11.9 Å².